The monoisotopic (exact) mass is 280 g/mol. The molecule has 2 amide bonds. The molecule has 0 spiro atoms. The molecular formula is C13H16N2O5. The van der Waals surface area contributed by atoms with Crippen LogP contribution in [0.2, 0.25) is 0 Å². The zero-order valence-corrected chi connectivity index (χ0v) is 11.0. The normalized spacial score (nSPS) is 18.6. The fourth-order valence-electron chi connectivity index (χ4n) is 2.09. The van der Waals surface area contributed by atoms with Crippen LogP contribution in [0.5, 0.6) is 11.5 Å². The van der Waals surface area contributed by atoms with Gasteiger partial charge in [-0.15, -0.1) is 0 Å². The van der Waals surface area contributed by atoms with Crippen molar-refractivity contribution in [1.82, 2.24) is 10.2 Å². The number of morpholine rings is 1. The van der Waals surface area contributed by atoms with Gasteiger partial charge in [0.15, 0.2) is 11.5 Å². The van der Waals surface area contributed by atoms with E-state index in [1.165, 1.54) is 30.1 Å². The van der Waals surface area contributed by atoms with Crippen LogP contribution in [-0.4, -0.2) is 59.8 Å². The summed E-state index contributed by atoms with van der Waals surface area (Å²) in [5.74, 6) is -1.71. The van der Waals surface area contributed by atoms with Crippen molar-refractivity contribution in [2.45, 2.75) is 6.04 Å². The lowest BCUT2D eigenvalue weighted by molar-refractivity contribution is -0.130. The zero-order valence-electron chi connectivity index (χ0n) is 11.0. The Hall–Kier alpha value is -2.28. The Morgan fingerprint density at radius 2 is 2.15 bits per heavy atom. The molecule has 1 heterocycles. The molecule has 7 nitrogen and oxygen atoms in total. The van der Waals surface area contributed by atoms with Crippen molar-refractivity contribution in [2.24, 2.45) is 0 Å². The Bertz CT molecular complexity index is 531. The first-order valence-corrected chi connectivity index (χ1v) is 6.17. The van der Waals surface area contributed by atoms with Crippen LogP contribution in [0, 0.1) is 0 Å². The first-order chi connectivity index (χ1) is 9.56. The van der Waals surface area contributed by atoms with Gasteiger partial charge in [-0.25, -0.2) is 0 Å². The fraction of sp³-hybridized carbons (Fsp3) is 0.385. The lowest BCUT2D eigenvalue weighted by Crippen LogP contribution is -2.55. The molecule has 3 N–H and O–H groups in total. The van der Waals surface area contributed by atoms with Gasteiger partial charge in [0.2, 0.25) is 5.91 Å². The molecule has 20 heavy (non-hydrogen) atoms. The number of likely N-dealkylation sites (N-methyl/N-ethyl adjacent to an activating group) is 1. The summed E-state index contributed by atoms with van der Waals surface area (Å²) in [6.45, 7) is 0.663. The van der Waals surface area contributed by atoms with E-state index >= 15 is 0 Å². The number of phenolic OH excluding ortho intramolecular Hbond substituents is 2. The van der Waals surface area contributed by atoms with Crippen LogP contribution in [0.15, 0.2) is 18.2 Å². The van der Waals surface area contributed by atoms with Crippen LogP contribution in [0.3, 0.4) is 0 Å². The molecule has 1 aliphatic rings. The van der Waals surface area contributed by atoms with Crippen molar-refractivity contribution in [3.63, 3.8) is 0 Å². The molecule has 1 aliphatic heterocycles. The maximum atomic E-state index is 12.4. The van der Waals surface area contributed by atoms with Gasteiger partial charge in [-0.1, -0.05) is 6.07 Å². The quantitative estimate of drug-likeness (QED) is 0.645. The van der Waals surface area contributed by atoms with Crippen LogP contribution in [0.1, 0.15) is 10.4 Å². The third-order valence-electron chi connectivity index (χ3n) is 3.18. The number of phenols is 2. The minimum atomic E-state index is -0.747. The highest BCUT2D eigenvalue weighted by Gasteiger charge is 2.34. The summed E-state index contributed by atoms with van der Waals surface area (Å²) in [5.41, 5.74) is -0.0409. The largest absolute Gasteiger partial charge is 0.504 e. The van der Waals surface area contributed by atoms with E-state index in [9.17, 15) is 19.8 Å². The number of rotatable bonds is 2. The molecule has 0 aromatic heterocycles. The highest BCUT2D eigenvalue weighted by Crippen LogP contribution is 2.29. The predicted octanol–water partition coefficient (Wildman–Crippen LogP) is -0.315. The Labute approximate surface area is 115 Å². The van der Waals surface area contributed by atoms with E-state index in [2.05, 4.69) is 5.32 Å². The van der Waals surface area contributed by atoms with Gasteiger partial charge in [0.1, 0.15) is 6.04 Å². The highest BCUT2D eigenvalue weighted by molar-refractivity contribution is 6.00. The second kappa shape index (κ2) is 5.79. The third kappa shape index (κ3) is 2.53. The molecule has 7 heteroatoms. The summed E-state index contributed by atoms with van der Waals surface area (Å²) in [6, 6.07) is 3.38. The van der Waals surface area contributed by atoms with E-state index in [0.29, 0.717) is 6.61 Å². The van der Waals surface area contributed by atoms with Crippen LogP contribution in [0.25, 0.3) is 0 Å². The maximum absolute atomic E-state index is 12.4. The SMILES string of the molecule is CNC(=O)C1COCCN1C(=O)c1cccc(O)c1O. The standard InChI is InChI=1S/C13H16N2O5/c1-14-12(18)9-7-20-6-5-15(9)13(19)8-3-2-4-10(16)11(8)17/h2-4,9,16-17H,5-7H2,1H3,(H,14,18). The number of ether oxygens (including phenoxy) is 1. The van der Waals surface area contributed by atoms with Crippen molar-refractivity contribution < 1.29 is 24.5 Å². The molecule has 2 rings (SSSR count). The van der Waals surface area contributed by atoms with E-state index in [-0.39, 0.29) is 30.4 Å². The third-order valence-corrected chi connectivity index (χ3v) is 3.18. The minimum Gasteiger partial charge on any atom is -0.504 e. The molecule has 0 saturated carbocycles. The average molecular weight is 280 g/mol. The first kappa shape index (κ1) is 14.1. The molecule has 1 aromatic carbocycles. The van der Waals surface area contributed by atoms with Crippen molar-refractivity contribution >= 4 is 11.8 Å². The van der Waals surface area contributed by atoms with Crippen LogP contribution < -0.4 is 5.32 Å². The van der Waals surface area contributed by atoms with Gasteiger partial charge in [0, 0.05) is 13.6 Å². The minimum absolute atomic E-state index is 0.0409. The van der Waals surface area contributed by atoms with E-state index in [4.69, 9.17) is 4.74 Å². The van der Waals surface area contributed by atoms with Crippen LogP contribution in [-0.2, 0) is 9.53 Å². The van der Waals surface area contributed by atoms with Gasteiger partial charge >= 0.3 is 0 Å². The number of carbonyl (C=O) groups excluding carboxylic acids is 2. The molecular weight excluding hydrogens is 264 g/mol. The number of carbonyl (C=O) groups is 2. The van der Waals surface area contributed by atoms with E-state index in [1.54, 1.807) is 0 Å². The van der Waals surface area contributed by atoms with Gasteiger partial charge in [0.25, 0.3) is 5.91 Å². The average Bonchev–Trinajstić information content (AvgIpc) is 2.48. The molecule has 1 saturated heterocycles. The Balaban J connectivity index is 2.30. The number of nitrogens with zero attached hydrogens (tertiary/aromatic N) is 1. The molecule has 0 radical (unpaired) electrons. The van der Waals surface area contributed by atoms with Gasteiger partial charge in [-0.2, -0.15) is 0 Å². The molecule has 108 valence electrons. The summed E-state index contributed by atoms with van der Waals surface area (Å²) < 4.78 is 5.21. The highest BCUT2D eigenvalue weighted by atomic mass is 16.5. The van der Waals surface area contributed by atoms with Gasteiger partial charge in [-0.3, -0.25) is 9.59 Å². The van der Waals surface area contributed by atoms with E-state index in [1.807, 2.05) is 0 Å². The smallest absolute Gasteiger partial charge is 0.258 e. The second-order valence-electron chi connectivity index (χ2n) is 4.38. The number of hydrogen-bond donors (Lipinski definition) is 3. The van der Waals surface area contributed by atoms with Crippen molar-refractivity contribution in [1.29, 1.82) is 0 Å². The summed E-state index contributed by atoms with van der Waals surface area (Å²) in [5, 5.41) is 21.7. The molecule has 0 aliphatic carbocycles. The number of hydrogen-bond acceptors (Lipinski definition) is 5. The van der Waals surface area contributed by atoms with Crippen LogP contribution >= 0.6 is 0 Å². The lowest BCUT2D eigenvalue weighted by Gasteiger charge is -2.34. The molecule has 1 unspecified atom stereocenters. The number of amides is 2. The number of aromatic hydroxyl groups is 2. The van der Waals surface area contributed by atoms with Gasteiger partial charge in [0.05, 0.1) is 18.8 Å². The van der Waals surface area contributed by atoms with E-state index in [0.717, 1.165) is 0 Å². The number of para-hydroxylation sites is 1. The zero-order chi connectivity index (χ0) is 14.7. The van der Waals surface area contributed by atoms with E-state index < -0.39 is 17.7 Å². The molecule has 0 bridgehead atoms. The van der Waals surface area contributed by atoms with Gasteiger partial charge < -0.3 is 25.2 Å². The molecule has 1 aromatic rings. The number of benzene rings is 1. The summed E-state index contributed by atoms with van der Waals surface area (Å²) in [4.78, 5) is 25.5. The van der Waals surface area contributed by atoms with Crippen LogP contribution in [0.4, 0.5) is 0 Å². The first-order valence-electron chi connectivity index (χ1n) is 6.17. The summed E-state index contributed by atoms with van der Waals surface area (Å²) in [6.07, 6.45) is 0. The fourth-order valence-corrected chi connectivity index (χ4v) is 2.09. The summed E-state index contributed by atoms with van der Waals surface area (Å²) >= 11 is 0. The topological polar surface area (TPSA) is 99.1 Å². The molecule has 1 fully saturated rings. The molecule has 1 atom stereocenters. The van der Waals surface area contributed by atoms with Gasteiger partial charge in [-0.05, 0) is 12.1 Å². The Morgan fingerprint density at radius 3 is 2.85 bits per heavy atom. The predicted molar refractivity (Wildman–Crippen MR) is 69.5 cm³/mol. The number of nitrogens with one attached hydrogen (secondary N) is 1. The Kier molecular flexibility index (Phi) is 4.09. The van der Waals surface area contributed by atoms with Crippen molar-refractivity contribution in [3.05, 3.63) is 23.8 Å². The Morgan fingerprint density at radius 1 is 1.40 bits per heavy atom. The second-order valence-corrected chi connectivity index (χ2v) is 4.38. The van der Waals surface area contributed by atoms with Crippen molar-refractivity contribution in [3.8, 4) is 11.5 Å². The van der Waals surface area contributed by atoms with Crippen molar-refractivity contribution in [2.75, 3.05) is 26.8 Å². The maximum Gasteiger partial charge on any atom is 0.258 e. The summed E-state index contributed by atoms with van der Waals surface area (Å²) in [7, 11) is 1.48. The lowest BCUT2D eigenvalue weighted by atomic mass is 10.1.